The molecular weight excluding hydrogens is 268 g/mol. The van der Waals surface area contributed by atoms with E-state index in [0.717, 1.165) is 45.2 Å². The van der Waals surface area contributed by atoms with Crippen molar-refractivity contribution in [2.45, 2.75) is 19.9 Å². The summed E-state index contributed by atoms with van der Waals surface area (Å²) in [4.78, 5) is 13.2. The minimum atomic E-state index is 0.336. The molecule has 118 valence electrons. The fraction of sp³-hybridized carbons (Fsp3) is 0.714. The van der Waals surface area contributed by atoms with Crippen LogP contribution in [0, 0.1) is 0 Å². The largest absolute Gasteiger partial charge is 0.394 e. The van der Waals surface area contributed by atoms with E-state index in [0.29, 0.717) is 17.7 Å². The molecule has 0 unspecified atom stereocenters. The van der Waals surface area contributed by atoms with Crippen LogP contribution in [-0.4, -0.2) is 67.4 Å². The van der Waals surface area contributed by atoms with E-state index in [1.54, 1.807) is 6.20 Å². The maximum atomic E-state index is 5.96. The molecule has 1 aromatic rings. The van der Waals surface area contributed by atoms with Crippen molar-refractivity contribution in [3.63, 3.8) is 0 Å². The van der Waals surface area contributed by atoms with Crippen LogP contribution in [-0.2, 0) is 4.74 Å². The number of aromatic nitrogens is 2. The summed E-state index contributed by atoms with van der Waals surface area (Å²) >= 11 is 0. The molecule has 0 saturated carbocycles. The monoisotopic (exact) mass is 294 g/mol. The first-order valence-electron chi connectivity index (χ1n) is 7.47. The van der Waals surface area contributed by atoms with Crippen LogP contribution < -0.4 is 16.0 Å². The van der Waals surface area contributed by atoms with Gasteiger partial charge in [-0.25, -0.2) is 4.98 Å². The lowest BCUT2D eigenvalue weighted by Gasteiger charge is -2.26. The summed E-state index contributed by atoms with van der Waals surface area (Å²) in [6.45, 7) is 9.61. The van der Waals surface area contributed by atoms with Gasteiger partial charge in [-0.3, -0.25) is 4.90 Å². The van der Waals surface area contributed by atoms with Gasteiger partial charge in [-0.2, -0.15) is 4.98 Å². The molecule has 7 heteroatoms. The Labute approximate surface area is 126 Å². The number of nitrogen functional groups attached to an aromatic ring is 1. The molecule has 2 rings (SSSR count). The molecule has 1 aromatic heterocycles. The highest BCUT2D eigenvalue weighted by molar-refractivity contribution is 5.63. The maximum absolute atomic E-state index is 5.96. The SMILES string of the molecule is CC(C)N(C)c1nc(NCCN2CCOCC2)ncc1N. The molecule has 0 aliphatic carbocycles. The van der Waals surface area contributed by atoms with E-state index in [4.69, 9.17) is 10.5 Å². The quantitative estimate of drug-likeness (QED) is 0.797. The fourth-order valence-corrected chi connectivity index (χ4v) is 2.14. The molecule has 0 bridgehead atoms. The van der Waals surface area contributed by atoms with Crippen molar-refractivity contribution >= 4 is 17.5 Å². The average molecular weight is 294 g/mol. The van der Waals surface area contributed by atoms with Crippen molar-refractivity contribution in [2.75, 3.05) is 62.4 Å². The predicted molar refractivity (Wildman–Crippen MR) is 85.7 cm³/mol. The number of nitrogens with two attached hydrogens (primary N) is 1. The lowest BCUT2D eigenvalue weighted by atomic mass is 10.3. The van der Waals surface area contributed by atoms with Crippen LogP contribution in [0.2, 0.25) is 0 Å². The van der Waals surface area contributed by atoms with Crippen LogP contribution in [0.1, 0.15) is 13.8 Å². The molecule has 0 radical (unpaired) electrons. The summed E-state index contributed by atoms with van der Waals surface area (Å²) in [5.74, 6) is 1.40. The minimum absolute atomic E-state index is 0.336. The van der Waals surface area contributed by atoms with Crippen molar-refractivity contribution in [3.8, 4) is 0 Å². The third-order valence-electron chi connectivity index (χ3n) is 3.72. The Bertz CT molecular complexity index is 447. The van der Waals surface area contributed by atoms with Crippen LogP contribution >= 0.6 is 0 Å². The highest BCUT2D eigenvalue weighted by Gasteiger charge is 2.13. The zero-order valence-electron chi connectivity index (χ0n) is 13.2. The normalized spacial score (nSPS) is 16.2. The Kier molecular flexibility index (Phi) is 5.58. The molecule has 3 N–H and O–H groups in total. The Hall–Kier alpha value is -1.60. The lowest BCUT2D eigenvalue weighted by molar-refractivity contribution is 0.0398. The zero-order chi connectivity index (χ0) is 15.2. The molecule has 1 aliphatic rings. The van der Waals surface area contributed by atoms with Crippen molar-refractivity contribution < 1.29 is 4.74 Å². The van der Waals surface area contributed by atoms with Crippen molar-refractivity contribution in [1.29, 1.82) is 0 Å². The van der Waals surface area contributed by atoms with Gasteiger partial charge >= 0.3 is 0 Å². The van der Waals surface area contributed by atoms with Crippen LogP contribution in [0.15, 0.2) is 6.20 Å². The highest BCUT2D eigenvalue weighted by atomic mass is 16.5. The first kappa shape index (κ1) is 15.8. The van der Waals surface area contributed by atoms with E-state index in [9.17, 15) is 0 Å². The number of anilines is 3. The van der Waals surface area contributed by atoms with Gasteiger partial charge in [0, 0.05) is 39.3 Å². The first-order valence-corrected chi connectivity index (χ1v) is 7.47. The van der Waals surface area contributed by atoms with E-state index in [1.807, 2.05) is 11.9 Å². The van der Waals surface area contributed by atoms with Gasteiger partial charge in [-0.05, 0) is 13.8 Å². The van der Waals surface area contributed by atoms with Gasteiger partial charge in [0.05, 0.1) is 25.1 Å². The highest BCUT2D eigenvalue weighted by Crippen LogP contribution is 2.21. The van der Waals surface area contributed by atoms with Crippen molar-refractivity contribution in [2.24, 2.45) is 0 Å². The number of hydrogen-bond acceptors (Lipinski definition) is 7. The van der Waals surface area contributed by atoms with E-state index in [1.165, 1.54) is 0 Å². The van der Waals surface area contributed by atoms with Gasteiger partial charge in [-0.1, -0.05) is 0 Å². The van der Waals surface area contributed by atoms with Gasteiger partial charge in [-0.15, -0.1) is 0 Å². The van der Waals surface area contributed by atoms with Crippen molar-refractivity contribution in [1.82, 2.24) is 14.9 Å². The zero-order valence-corrected chi connectivity index (χ0v) is 13.2. The first-order chi connectivity index (χ1) is 10.1. The molecular formula is C14H26N6O. The number of morpholine rings is 1. The molecule has 1 saturated heterocycles. The Balaban J connectivity index is 1.89. The summed E-state index contributed by atoms with van der Waals surface area (Å²) in [5, 5.41) is 3.27. The van der Waals surface area contributed by atoms with E-state index in [2.05, 4.69) is 34.0 Å². The van der Waals surface area contributed by atoms with Gasteiger partial charge < -0.3 is 20.7 Å². The minimum Gasteiger partial charge on any atom is -0.394 e. The van der Waals surface area contributed by atoms with Crippen LogP contribution in [0.4, 0.5) is 17.5 Å². The van der Waals surface area contributed by atoms with E-state index >= 15 is 0 Å². The number of hydrogen-bond donors (Lipinski definition) is 2. The molecule has 0 amide bonds. The molecule has 0 atom stereocenters. The molecule has 1 aliphatic heterocycles. The molecule has 7 nitrogen and oxygen atoms in total. The average Bonchev–Trinajstić information content (AvgIpc) is 2.49. The molecule has 2 heterocycles. The third-order valence-corrected chi connectivity index (χ3v) is 3.72. The second-order valence-corrected chi connectivity index (χ2v) is 5.56. The number of nitrogens with one attached hydrogen (secondary N) is 1. The second kappa shape index (κ2) is 7.42. The summed E-state index contributed by atoms with van der Waals surface area (Å²) < 4.78 is 5.34. The number of nitrogens with zero attached hydrogens (tertiary/aromatic N) is 4. The van der Waals surface area contributed by atoms with Crippen molar-refractivity contribution in [3.05, 3.63) is 6.20 Å². The fourth-order valence-electron chi connectivity index (χ4n) is 2.14. The van der Waals surface area contributed by atoms with Crippen LogP contribution in [0.5, 0.6) is 0 Å². The summed E-state index contributed by atoms with van der Waals surface area (Å²) in [5.41, 5.74) is 6.56. The predicted octanol–water partition coefficient (Wildman–Crippen LogP) is 0.648. The molecule has 1 fully saturated rings. The van der Waals surface area contributed by atoms with Crippen LogP contribution in [0.25, 0.3) is 0 Å². The van der Waals surface area contributed by atoms with E-state index in [-0.39, 0.29) is 0 Å². The number of rotatable bonds is 6. The lowest BCUT2D eigenvalue weighted by Crippen LogP contribution is -2.39. The molecule has 0 aromatic carbocycles. The Morgan fingerprint density at radius 1 is 1.43 bits per heavy atom. The maximum Gasteiger partial charge on any atom is 0.224 e. The summed E-state index contributed by atoms with van der Waals surface area (Å²) in [6.07, 6.45) is 1.66. The Morgan fingerprint density at radius 2 is 2.14 bits per heavy atom. The third kappa shape index (κ3) is 4.44. The van der Waals surface area contributed by atoms with Gasteiger partial charge in [0.25, 0.3) is 0 Å². The van der Waals surface area contributed by atoms with E-state index < -0.39 is 0 Å². The van der Waals surface area contributed by atoms with Gasteiger partial charge in [0.15, 0.2) is 5.82 Å². The summed E-state index contributed by atoms with van der Waals surface area (Å²) in [7, 11) is 1.99. The summed E-state index contributed by atoms with van der Waals surface area (Å²) in [6, 6.07) is 0.336. The standard InChI is InChI=1S/C14H26N6O/c1-11(2)19(3)13-12(15)10-17-14(18-13)16-4-5-20-6-8-21-9-7-20/h10-11H,4-9,15H2,1-3H3,(H,16,17,18). The molecule has 0 spiro atoms. The smallest absolute Gasteiger partial charge is 0.224 e. The second-order valence-electron chi connectivity index (χ2n) is 5.56. The van der Waals surface area contributed by atoms with Gasteiger partial charge in [0.2, 0.25) is 5.95 Å². The van der Waals surface area contributed by atoms with Gasteiger partial charge in [0.1, 0.15) is 0 Å². The number of ether oxygens (including phenoxy) is 1. The topological polar surface area (TPSA) is 79.5 Å². The molecule has 21 heavy (non-hydrogen) atoms. The Morgan fingerprint density at radius 3 is 2.81 bits per heavy atom. The van der Waals surface area contributed by atoms with Crippen LogP contribution in [0.3, 0.4) is 0 Å².